The number of methoxy groups -OCH3 is 1. The molecule has 2 atom stereocenters. The van der Waals surface area contributed by atoms with Crippen LogP contribution < -0.4 is 16.2 Å². The van der Waals surface area contributed by atoms with Crippen molar-refractivity contribution in [2.24, 2.45) is 22.1 Å². The highest BCUT2D eigenvalue weighted by molar-refractivity contribution is 8.04. The van der Waals surface area contributed by atoms with Crippen molar-refractivity contribution < 1.29 is 9.53 Å². The first-order valence-corrected chi connectivity index (χ1v) is 12.6. The van der Waals surface area contributed by atoms with E-state index in [2.05, 4.69) is 22.0 Å². The number of nitrogens with two attached hydrogens (primary N) is 2. The summed E-state index contributed by atoms with van der Waals surface area (Å²) in [5, 5.41) is 0.358. The highest BCUT2D eigenvalue weighted by atomic mass is 35.5. The van der Waals surface area contributed by atoms with Crippen LogP contribution in [0.5, 0.6) is 5.75 Å². The highest BCUT2D eigenvalue weighted by Gasteiger charge is 2.47. The molecule has 2 aliphatic heterocycles. The van der Waals surface area contributed by atoms with Crippen LogP contribution in [0, 0.1) is 11.3 Å². The minimum Gasteiger partial charge on any atom is -0.497 e. The molecule has 1 fully saturated rings. The first-order valence-electron chi connectivity index (χ1n) is 11.4. The fraction of sp³-hybridized carbons (Fsp3) is 0.400. The van der Waals surface area contributed by atoms with Gasteiger partial charge in [-0.3, -0.25) is 4.79 Å². The van der Waals surface area contributed by atoms with Gasteiger partial charge in [-0.2, -0.15) is 0 Å². The van der Waals surface area contributed by atoms with E-state index in [1.54, 1.807) is 25.6 Å². The van der Waals surface area contributed by atoms with Crippen molar-refractivity contribution in [3.05, 3.63) is 57.7 Å². The first-order chi connectivity index (χ1) is 16.3. The first kappa shape index (κ1) is 23.2. The van der Waals surface area contributed by atoms with Gasteiger partial charge in [0.25, 0.3) is 0 Å². The molecule has 1 saturated heterocycles. The molecule has 2 aromatic rings. The molecular formula is C25H28ClN5O2S. The fourth-order valence-electron chi connectivity index (χ4n) is 5.34. The Kier molecular flexibility index (Phi) is 6.08. The molecule has 1 aromatic heterocycles. The lowest BCUT2D eigenvalue weighted by Gasteiger charge is -2.44. The summed E-state index contributed by atoms with van der Waals surface area (Å²) >= 11 is 7.54. The molecule has 178 valence electrons. The van der Waals surface area contributed by atoms with Crippen molar-refractivity contribution in [3.63, 3.8) is 0 Å². The second-order valence-corrected chi connectivity index (χ2v) is 10.7. The molecule has 5 rings (SSSR count). The van der Waals surface area contributed by atoms with Gasteiger partial charge in [0.15, 0.2) is 5.78 Å². The smallest absolute Gasteiger partial charge is 0.181 e. The number of nitrogens with zero attached hydrogens (tertiary/aromatic N) is 3. The van der Waals surface area contributed by atoms with Crippen molar-refractivity contribution in [1.82, 2.24) is 9.88 Å². The largest absolute Gasteiger partial charge is 0.497 e. The van der Waals surface area contributed by atoms with Gasteiger partial charge in [-0.15, -0.1) is 0 Å². The van der Waals surface area contributed by atoms with Crippen molar-refractivity contribution in [1.29, 1.82) is 0 Å². The Hall–Kier alpha value is -2.55. The predicted octanol–water partition coefficient (Wildman–Crippen LogP) is 4.21. The molecule has 0 bridgehead atoms. The molecule has 0 radical (unpaired) electrons. The molecule has 7 nitrogen and oxygen atoms in total. The lowest BCUT2D eigenvalue weighted by atomic mass is 9.73. The molecule has 4 N–H and O–H groups in total. The summed E-state index contributed by atoms with van der Waals surface area (Å²) in [7, 11) is 1.68. The quantitative estimate of drug-likeness (QED) is 0.653. The van der Waals surface area contributed by atoms with Crippen LogP contribution in [0.3, 0.4) is 0 Å². The molecule has 2 unspecified atom stereocenters. The van der Waals surface area contributed by atoms with Crippen LogP contribution in [0.25, 0.3) is 0 Å². The number of allylic oxidation sites excluding steroid dienone is 1. The van der Waals surface area contributed by atoms with Crippen molar-refractivity contribution in [2.45, 2.75) is 37.1 Å². The maximum absolute atomic E-state index is 13.2. The monoisotopic (exact) mass is 497 g/mol. The zero-order chi connectivity index (χ0) is 24.0. The van der Waals surface area contributed by atoms with Crippen LogP contribution in [0.4, 0.5) is 5.82 Å². The van der Waals surface area contributed by atoms with Gasteiger partial charge in [-0.05, 0) is 60.9 Å². The molecule has 34 heavy (non-hydrogen) atoms. The number of Topliss-reactive ketones (excluding diaryl/α,β-unsaturated/α-hetero) is 1. The van der Waals surface area contributed by atoms with E-state index in [0.717, 1.165) is 43.9 Å². The van der Waals surface area contributed by atoms with Crippen LogP contribution in [0.15, 0.2) is 51.5 Å². The number of thioether (sulfide) groups is 1. The minimum atomic E-state index is -0.321. The lowest BCUT2D eigenvalue weighted by molar-refractivity contribution is -0.116. The normalized spacial score (nSPS) is 23.5. The average molecular weight is 498 g/mol. The van der Waals surface area contributed by atoms with Gasteiger partial charge in [0.2, 0.25) is 0 Å². The summed E-state index contributed by atoms with van der Waals surface area (Å²) in [6, 6.07) is 7.99. The minimum absolute atomic E-state index is 0.00690. The van der Waals surface area contributed by atoms with Crippen molar-refractivity contribution in [2.75, 3.05) is 25.9 Å². The number of hydrogen-bond acceptors (Lipinski definition) is 8. The van der Waals surface area contributed by atoms with Gasteiger partial charge < -0.3 is 21.1 Å². The molecule has 3 aliphatic rings. The van der Waals surface area contributed by atoms with E-state index in [1.807, 2.05) is 13.0 Å². The number of anilines is 1. The number of amidine groups is 1. The molecule has 9 heteroatoms. The summed E-state index contributed by atoms with van der Waals surface area (Å²) < 4.78 is 5.40. The summed E-state index contributed by atoms with van der Waals surface area (Å²) in [4.78, 5) is 25.4. The number of aromatic nitrogens is 1. The third kappa shape index (κ3) is 3.87. The molecular weight excluding hydrogens is 470 g/mol. The second kappa shape index (κ2) is 8.91. The van der Waals surface area contributed by atoms with Gasteiger partial charge in [0, 0.05) is 36.4 Å². The summed E-state index contributed by atoms with van der Waals surface area (Å²) in [6.45, 7) is 3.58. The van der Waals surface area contributed by atoms with Crippen molar-refractivity contribution in [3.8, 4) is 5.75 Å². The average Bonchev–Trinajstić information content (AvgIpc) is 3.11. The van der Waals surface area contributed by atoms with Crippen LogP contribution >= 0.6 is 23.4 Å². The van der Waals surface area contributed by atoms with Gasteiger partial charge in [0.05, 0.1) is 23.0 Å². The number of benzene rings is 1. The van der Waals surface area contributed by atoms with E-state index in [9.17, 15) is 4.79 Å². The maximum atomic E-state index is 13.2. The number of nitrogen functional groups attached to an aromatic ring is 1. The van der Waals surface area contributed by atoms with Crippen LogP contribution in [0.1, 0.15) is 36.9 Å². The number of halogens is 1. The lowest BCUT2D eigenvalue weighted by Crippen LogP contribution is -2.49. The number of likely N-dealkylation sites (tertiary alicyclic amines) is 1. The number of rotatable bonds is 3. The molecule has 0 saturated carbocycles. The Morgan fingerprint density at radius 2 is 2.03 bits per heavy atom. The number of hydrogen-bond donors (Lipinski definition) is 2. The van der Waals surface area contributed by atoms with E-state index in [4.69, 9.17) is 32.8 Å². The van der Waals surface area contributed by atoms with E-state index >= 15 is 0 Å². The Morgan fingerprint density at radius 3 is 2.76 bits per heavy atom. The van der Waals surface area contributed by atoms with E-state index in [-0.39, 0.29) is 29.0 Å². The fourth-order valence-corrected chi connectivity index (χ4v) is 6.51. The van der Waals surface area contributed by atoms with Crippen molar-refractivity contribution >= 4 is 40.8 Å². The number of pyridine rings is 1. The number of ketones is 1. The third-order valence-electron chi connectivity index (χ3n) is 7.41. The van der Waals surface area contributed by atoms with Gasteiger partial charge in [-0.25, -0.2) is 9.98 Å². The number of fused-ring (bicyclic) bond motifs is 1. The van der Waals surface area contributed by atoms with Gasteiger partial charge in [-0.1, -0.05) is 29.4 Å². The third-order valence-corrected chi connectivity index (χ3v) is 9.01. The number of carbonyl (C=O) groups is 1. The summed E-state index contributed by atoms with van der Waals surface area (Å²) in [5.74, 6) is 1.65. The number of piperidine rings is 1. The molecule has 1 aromatic carbocycles. The Morgan fingerprint density at radius 1 is 1.26 bits per heavy atom. The number of ether oxygens (including phenoxy) is 1. The predicted molar refractivity (Wildman–Crippen MR) is 136 cm³/mol. The number of carbonyl (C=O) groups excluding carboxylic acids is 1. The highest BCUT2D eigenvalue weighted by Crippen LogP contribution is 2.51. The summed E-state index contributed by atoms with van der Waals surface area (Å²) in [5.41, 5.74) is 15.1. The van der Waals surface area contributed by atoms with E-state index < -0.39 is 0 Å². The topological polar surface area (TPSA) is 107 Å². The standard InChI is InChI=1S/C25H28ClN5O2S/c1-14-21(32)19(34-18-5-8-29-23(28)20(18)26)13-30-24(14)31-9-6-25(7-10-31)12-15-3-4-16(33-2)11-17(15)22(25)27/h3-5,8,11,13-14,22H,6-7,9-10,12,27H2,1-2H3,(H2,28,29). The Bertz CT molecular complexity index is 1210. The van der Waals surface area contributed by atoms with E-state index in [0.29, 0.717) is 14.8 Å². The molecule has 3 heterocycles. The van der Waals surface area contributed by atoms with Gasteiger partial charge >= 0.3 is 0 Å². The Balaban J connectivity index is 1.30. The Labute approximate surface area is 208 Å². The summed E-state index contributed by atoms with van der Waals surface area (Å²) in [6.07, 6.45) is 6.15. The molecule has 1 spiro atoms. The number of aliphatic imine (C=N–C) groups is 1. The van der Waals surface area contributed by atoms with Gasteiger partial charge in [0.1, 0.15) is 17.4 Å². The second-order valence-electron chi connectivity index (χ2n) is 9.25. The SMILES string of the molecule is COc1ccc2c(c1)C(N)C1(CCN(C3=NC=C(Sc4ccnc(N)c4Cl)C(=O)C3C)CC1)C2. The molecule has 1 aliphatic carbocycles. The van der Waals surface area contributed by atoms with Crippen LogP contribution in [0.2, 0.25) is 5.02 Å². The molecule has 0 amide bonds. The maximum Gasteiger partial charge on any atom is 0.181 e. The van der Waals surface area contributed by atoms with Crippen LogP contribution in [-0.4, -0.2) is 41.7 Å². The van der Waals surface area contributed by atoms with E-state index in [1.165, 1.54) is 22.9 Å². The van der Waals surface area contributed by atoms with Crippen LogP contribution in [-0.2, 0) is 11.2 Å². The zero-order valence-electron chi connectivity index (χ0n) is 19.3. The zero-order valence-corrected chi connectivity index (χ0v) is 20.8.